The van der Waals surface area contributed by atoms with E-state index in [9.17, 15) is 4.79 Å². The Kier molecular flexibility index (Phi) is 3.33. The Morgan fingerprint density at radius 2 is 2.44 bits per heavy atom. The van der Waals surface area contributed by atoms with Crippen LogP contribution < -0.4 is 0 Å². The lowest BCUT2D eigenvalue weighted by molar-refractivity contribution is 0.0525. The molecular weight excluding hydrogens is 272 g/mol. The smallest absolute Gasteiger partial charge is 0.342 e. The third-order valence-electron chi connectivity index (χ3n) is 2.92. The summed E-state index contributed by atoms with van der Waals surface area (Å²) >= 11 is 3.42. The van der Waals surface area contributed by atoms with Gasteiger partial charge in [-0.25, -0.2) is 4.79 Å². The highest BCUT2D eigenvalue weighted by Gasteiger charge is 2.31. The van der Waals surface area contributed by atoms with Crippen LogP contribution in [-0.2, 0) is 4.74 Å². The number of carbonyl (C=O) groups excluding carboxylic acids is 1. The van der Waals surface area contributed by atoms with Gasteiger partial charge in [-0.1, -0.05) is 0 Å². The van der Waals surface area contributed by atoms with Gasteiger partial charge in [0.1, 0.15) is 10.2 Å². The van der Waals surface area contributed by atoms with Crippen molar-refractivity contribution in [2.75, 3.05) is 6.61 Å². The normalized spacial score (nSPS) is 17.2. The molecule has 4 nitrogen and oxygen atoms in total. The number of aromatic nitrogens is 2. The first-order valence-corrected chi connectivity index (χ1v) is 6.34. The molecule has 1 aliphatic carbocycles. The highest BCUT2D eigenvalue weighted by molar-refractivity contribution is 9.10. The van der Waals surface area contributed by atoms with E-state index < -0.39 is 0 Å². The fraction of sp³-hybridized carbons (Fsp3) is 0.636. The summed E-state index contributed by atoms with van der Waals surface area (Å²) in [6.07, 6.45) is 4.07. The Bertz CT molecular complexity index is 399. The molecule has 0 N–H and O–H groups in total. The molecule has 1 atom stereocenters. The molecule has 88 valence electrons. The van der Waals surface area contributed by atoms with Crippen molar-refractivity contribution in [3.05, 3.63) is 16.4 Å². The molecule has 0 aliphatic heterocycles. The second-order valence-electron chi connectivity index (χ2n) is 4.09. The summed E-state index contributed by atoms with van der Waals surface area (Å²) in [5, 5.41) is 4.25. The number of hydrogen-bond acceptors (Lipinski definition) is 3. The van der Waals surface area contributed by atoms with Crippen LogP contribution in [0.3, 0.4) is 0 Å². The summed E-state index contributed by atoms with van der Waals surface area (Å²) in [7, 11) is 0. The lowest BCUT2D eigenvalue weighted by atomic mass is 10.2. The fourth-order valence-electron chi connectivity index (χ4n) is 1.76. The van der Waals surface area contributed by atoms with Crippen molar-refractivity contribution in [1.29, 1.82) is 0 Å². The summed E-state index contributed by atoms with van der Waals surface area (Å²) in [6, 6.07) is 0.345. The van der Waals surface area contributed by atoms with Crippen molar-refractivity contribution in [1.82, 2.24) is 9.78 Å². The van der Waals surface area contributed by atoms with Crippen LogP contribution in [0.4, 0.5) is 0 Å². The Hall–Kier alpha value is -0.840. The highest BCUT2D eigenvalue weighted by Crippen LogP contribution is 2.40. The lowest BCUT2D eigenvalue weighted by Crippen LogP contribution is -2.10. The summed E-state index contributed by atoms with van der Waals surface area (Å²) in [5.41, 5.74) is 0.509. The minimum Gasteiger partial charge on any atom is -0.462 e. The van der Waals surface area contributed by atoms with Crippen molar-refractivity contribution in [2.45, 2.75) is 32.7 Å². The minimum atomic E-state index is -0.316. The number of rotatable bonds is 4. The van der Waals surface area contributed by atoms with E-state index in [1.807, 2.05) is 4.68 Å². The number of halogens is 1. The molecule has 0 bridgehead atoms. The molecule has 1 aromatic heterocycles. The zero-order valence-electron chi connectivity index (χ0n) is 9.44. The molecule has 0 spiro atoms. The maximum atomic E-state index is 11.6. The van der Waals surface area contributed by atoms with Crippen molar-refractivity contribution < 1.29 is 9.53 Å². The maximum Gasteiger partial charge on any atom is 0.342 e. The van der Waals surface area contributed by atoms with Crippen LogP contribution in [0.15, 0.2) is 10.8 Å². The van der Waals surface area contributed by atoms with Crippen LogP contribution >= 0.6 is 15.9 Å². The lowest BCUT2D eigenvalue weighted by Gasteiger charge is -2.12. The Morgan fingerprint density at radius 1 is 1.75 bits per heavy atom. The van der Waals surface area contributed by atoms with Crippen LogP contribution in [0, 0.1) is 5.92 Å². The largest absolute Gasteiger partial charge is 0.462 e. The molecule has 2 rings (SSSR count). The molecule has 0 radical (unpaired) electrons. The molecule has 1 aliphatic rings. The van der Waals surface area contributed by atoms with Crippen LogP contribution in [-0.4, -0.2) is 22.4 Å². The number of esters is 1. The number of nitrogens with zero attached hydrogens (tertiary/aromatic N) is 2. The van der Waals surface area contributed by atoms with Crippen molar-refractivity contribution in [3.8, 4) is 0 Å². The Labute approximate surface area is 103 Å². The molecule has 16 heavy (non-hydrogen) atoms. The Balaban J connectivity index is 2.19. The summed E-state index contributed by atoms with van der Waals surface area (Å²) in [5.74, 6) is 0.384. The second-order valence-corrected chi connectivity index (χ2v) is 4.84. The van der Waals surface area contributed by atoms with Crippen molar-refractivity contribution in [3.63, 3.8) is 0 Å². The van der Waals surface area contributed by atoms with Gasteiger partial charge in [-0.3, -0.25) is 4.68 Å². The van der Waals surface area contributed by atoms with E-state index in [-0.39, 0.29) is 5.97 Å². The van der Waals surface area contributed by atoms with Gasteiger partial charge in [0.05, 0.1) is 18.8 Å². The van der Waals surface area contributed by atoms with E-state index >= 15 is 0 Å². The molecule has 1 saturated carbocycles. The van der Waals surface area contributed by atoms with E-state index in [4.69, 9.17) is 4.74 Å². The zero-order valence-corrected chi connectivity index (χ0v) is 11.0. The summed E-state index contributed by atoms with van der Waals surface area (Å²) in [4.78, 5) is 11.6. The Morgan fingerprint density at radius 3 is 3.00 bits per heavy atom. The minimum absolute atomic E-state index is 0.316. The SMILES string of the molecule is CCOC(=O)c1cnn([C@H](C)C2CC2)c1Br. The average molecular weight is 287 g/mol. The third kappa shape index (κ3) is 2.14. The molecule has 5 heteroatoms. The standard InChI is InChI=1S/C11H15BrN2O2/c1-3-16-11(15)9-6-13-14(10(9)12)7(2)8-4-5-8/h6-8H,3-5H2,1-2H3/t7-/m1/s1. The predicted molar refractivity (Wildman–Crippen MR) is 63.3 cm³/mol. The van der Waals surface area contributed by atoms with Gasteiger partial charge in [-0.05, 0) is 48.5 Å². The van der Waals surface area contributed by atoms with Crippen LogP contribution in [0.1, 0.15) is 43.1 Å². The van der Waals surface area contributed by atoms with Crippen LogP contribution in [0.5, 0.6) is 0 Å². The first kappa shape index (κ1) is 11.6. The van der Waals surface area contributed by atoms with Gasteiger partial charge in [-0.2, -0.15) is 5.10 Å². The van der Waals surface area contributed by atoms with Crippen LogP contribution in [0.25, 0.3) is 0 Å². The number of ether oxygens (including phenoxy) is 1. The molecular formula is C11H15BrN2O2. The second kappa shape index (κ2) is 4.57. The fourth-order valence-corrected chi connectivity index (χ4v) is 2.43. The van der Waals surface area contributed by atoms with Gasteiger partial charge >= 0.3 is 5.97 Å². The highest BCUT2D eigenvalue weighted by atomic mass is 79.9. The van der Waals surface area contributed by atoms with Gasteiger partial charge in [0.2, 0.25) is 0 Å². The average Bonchev–Trinajstić information content (AvgIpc) is 3.02. The van der Waals surface area contributed by atoms with E-state index in [0.717, 1.165) is 4.60 Å². The molecule has 0 saturated heterocycles. The topological polar surface area (TPSA) is 44.1 Å². The number of carbonyl (C=O) groups is 1. The van der Waals surface area contributed by atoms with Gasteiger partial charge in [-0.15, -0.1) is 0 Å². The number of hydrogen-bond donors (Lipinski definition) is 0. The molecule has 1 aromatic rings. The van der Waals surface area contributed by atoms with Crippen LogP contribution in [0.2, 0.25) is 0 Å². The molecule has 1 heterocycles. The summed E-state index contributed by atoms with van der Waals surface area (Å²) < 4.78 is 7.55. The van der Waals surface area contributed by atoms with E-state index in [2.05, 4.69) is 28.0 Å². The molecule has 0 amide bonds. The van der Waals surface area contributed by atoms with Crippen molar-refractivity contribution >= 4 is 21.9 Å². The first-order chi connectivity index (χ1) is 7.65. The van der Waals surface area contributed by atoms with Gasteiger partial charge in [0.25, 0.3) is 0 Å². The van der Waals surface area contributed by atoms with E-state index in [1.54, 1.807) is 13.1 Å². The first-order valence-electron chi connectivity index (χ1n) is 5.55. The van der Waals surface area contributed by atoms with Gasteiger partial charge in [0.15, 0.2) is 0 Å². The maximum absolute atomic E-state index is 11.6. The van der Waals surface area contributed by atoms with Gasteiger partial charge < -0.3 is 4.74 Å². The quantitative estimate of drug-likeness (QED) is 0.800. The predicted octanol–water partition coefficient (Wildman–Crippen LogP) is 2.79. The van der Waals surface area contributed by atoms with Gasteiger partial charge in [0, 0.05) is 0 Å². The zero-order chi connectivity index (χ0) is 11.7. The van der Waals surface area contributed by atoms with Crippen molar-refractivity contribution in [2.24, 2.45) is 5.92 Å². The summed E-state index contributed by atoms with van der Waals surface area (Å²) in [6.45, 7) is 4.31. The molecule has 0 unspecified atom stereocenters. The molecule has 1 fully saturated rings. The van der Waals surface area contributed by atoms with E-state index in [0.29, 0.717) is 24.1 Å². The molecule has 0 aromatic carbocycles. The third-order valence-corrected chi connectivity index (χ3v) is 3.71. The monoisotopic (exact) mass is 286 g/mol. The van der Waals surface area contributed by atoms with E-state index in [1.165, 1.54) is 12.8 Å².